The fourth-order valence-corrected chi connectivity index (χ4v) is 2.22. The Morgan fingerprint density at radius 3 is 2.33 bits per heavy atom. The van der Waals surface area contributed by atoms with Gasteiger partial charge in [0.25, 0.3) is 5.91 Å². The van der Waals surface area contributed by atoms with Crippen LogP contribution < -0.4 is 10.6 Å². The third-order valence-corrected chi connectivity index (χ3v) is 3.60. The summed E-state index contributed by atoms with van der Waals surface area (Å²) in [6.45, 7) is 0. The topological polar surface area (TPSA) is 93.2 Å². The van der Waals surface area contributed by atoms with Crippen molar-refractivity contribution in [2.75, 3.05) is 17.7 Å². The van der Waals surface area contributed by atoms with E-state index in [1.807, 2.05) is 0 Å². The highest BCUT2D eigenvalue weighted by Gasteiger charge is 2.11. The van der Waals surface area contributed by atoms with Crippen LogP contribution >= 0.6 is 0 Å². The van der Waals surface area contributed by atoms with Crippen LogP contribution in [0.5, 0.6) is 0 Å². The lowest BCUT2D eigenvalue weighted by Gasteiger charge is -2.07. The second-order valence-electron chi connectivity index (χ2n) is 5.43. The number of aromatic nitrogens is 2. The molecule has 0 aliphatic carbocycles. The molecule has 8 heteroatoms. The number of rotatable bonds is 5. The Bertz CT molecular complexity index is 959. The van der Waals surface area contributed by atoms with Gasteiger partial charge >= 0.3 is 5.97 Å². The van der Waals surface area contributed by atoms with Gasteiger partial charge in [-0.3, -0.25) is 4.79 Å². The Hall–Kier alpha value is -3.81. The first-order valence-electron chi connectivity index (χ1n) is 7.92. The summed E-state index contributed by atoms with van der Waals surface area (Å²) in [6, 6.07) is 15.5. The highest BCUT2D eigenvalue weighted by molar-refractivity contribution is 6.02. The Morgan fingerprint density at radius 1 is 0.963 bits per heavy atom. The number of hydrogen-bond acceptors (Lipinski definition) is 6. The highest BCUT2D eigenvalue weighted by atomic mass is 19.1. The van der Waals surface area contributed by atoms with Crippen LogP contribution in [0.15, 0.2) is 60.7 Å². The smallest absolute Gasteiger partial charge is 0.337 e. The van der Waals surface area contributed by atoms with Gasteiger partial charge < -0.3 is 15.4 Å². The lowest BCUT2D eigenvalue weighted by atomic mass is 10.2. The summed E-state index contributed by atoms with van der Waals surface area (Å²) in [5.74, 6) is -1.12. The van der Waals surface area contributed by atoms with Gasteiger partial charge in [0.1, 0.15) is 5.82 Å². The number of methoxy groups -OCH3 is 1. The van der Waals surface area contributed by atoms with E-state index in [9.17, 15) is 14.0 Å². The van der Waals surface area contributed by atoms with Crippen LogP contribution in [0.2, 0.25) is 0 Å². The van der Waals surface area contributed by atoms with Gasteiger partial charge in [0, 0.05) is 5.69 Å². The average Bonchev–Trinajstić information content (AvgIpc) is 2.70. The van der Waals surface area contributed by atoms with E-state index >= 15 is 0 Å². The van der Waals surface area contributed by atoms with Gasteiger partial charge in [0.05, 0.1) is 18.4 Å². The van der Waals surface area contributed by atoms with Crippen molar-refractivity contribution in [2.24, 2.45) is 0 Å². The van der Waals surface area contributed by atoms with E-state index in [0.717, 1.165) is 0 Å². The predicted octanol–water partition coefficient (Wildman–Crippen LogP) is 3.40. The van der Waals surface area contributed by atoms with E-state index in [4.69, 9.17) is 0 Å². The van der Waals surface area contributed by atoms with Crippen molar-refractivity contribution in [3.63, 3.8) is 0 Å². The summed E-state index contributed by atoms with van der Waals surface area (Å²) in [5.41, 5.74) is 1.22. The minimum atomic E-state index is -0.568. The molecule has 27 heavy (non-hydrogen) atoms. The molecule has 2 N–H and O–H groups in total. The normalized spacial score (nSPS) is 10.1. The van der Waals surface area contributed by atoms with E-state index < -0.39 is 17.7 Å². The van der Waals surface area contributed by atoms with Gasteiger partial charge in [-0.1, -0.05) is 12.1 Å². The largest absolute Gasteiger partial charge is 0.465 e. The second-order valence-corrected chi connectivity index (χ2v) is 5.43. The molecule has 0 aliphatic heterocycles. The minimum Gasteiger partial charge on any atom is -0.465 e. The summed E-state index contributed by atoms with van der Waals surface area (Å²) in [7, 11) is 1.31. The molecule has 3 aromatic rings. The molecular weight excluding hydrogens is 351 g/mol. The summed E-state index contributed by atoms with van der Waals surface area (Å²) >= 11 is 0. The Labute approximate surface area is 154 Å². The van der Waals surface area contributed by atoms with Gasteiger partial charge in [-0.25, -0.2) is 9.18 Å². The van der Waals surface area contributed by atoms with Gasteiger partial charge in [0.15, 0.2) is 11.5 Å². The number of ether oxygens (including phenoxy) is 1. The van der Waals surface area contributed by atoms with E-state index in [0.29, 0.717) is 17.1 Å². The number of benzene rings is 2. The zero-order valence-electron chi connectivity index (χ0n) is 14.3. The molecule has 0 unspecified atom stereocenters. The molecule has 0 saturated heterocycles. The zero-order valence-corrected chi connectivity index (χ0v) is 14.3. The third kappa shape index (κ3) is 4.43. The fraction of sp³-hybridized carbons (Fsp3) is 0.0526. The lowest BCUT2D eigenvalue weighted by Crippen LogP contribution is -2.15. The Morgan fingerprint density at radius 2 is 1.70 bits per heavy atom. The monoisotopic (exact) mass is 366 g/mol. The summed E-state index contributed by atoms with van der Waals surface area (Å²) in [5, 5.41) is 13.2. The maximum atomic E-state index is 13.6. The molecule has 0 bridgehead atoms. The number of esters is 1. The van der Waals surface area contributed by atoms with Gasteiger partial charge in [-0.05, 0) is 48.5 Å². The van der Waals surface area contributed by atoms with Crippen molar-refractivity contribution in [3.05, 3.63) is 77.7 Å². The van der Waals surface area contributed by atoms with Gasteiger partial charge in [-0.15, -0.1) is 10.2 Å². The van der Waals surface area contributed by atoms with E-state index in [2.05, 4.69) is 25.6 Å². The molecule has 0 spiro atoms. The first kappa shape index (κ1) is 18.0. The molecule has 0 fully saturated rings. The average molecular weight is 366 g/mol. The Balaban J connectivity index is 1.65. The molecular formula is C19H15FN4O3. The predicted molar refractivity (Wildman–Crippen MR) is 97.4 cm³/mol. The summed E-state index contributed by atoms with van der Waals surface area (Å²) < 4.78 is 18.2. The molecule has 7 nitrogen and oxygen atoms in total. The van der Waals surface area contributed by atoms with Crippen molar-refractivity contribution in [1.82, 2.24) is 10.2 Å². The number of carbonyl (C=O) groups excluding carboxylic acids is 2. The van der Waals surface area contributed by atoms with Gasteiger partial charge in [-0.2, -0.15) is 0 Å². The molecule has 136 valence electrons. The number of carbonyl (C=O) groups is 2. The molecule has 0 aliphatic rings. The first-order valence-corrected chi connectivity index (χ1v) is 7.92. The van der Waals surface area contributed by atoms with Crippen LogP contribution in [-0.4, -0.2) is 29.2 Å². The number of anilines is 3. The number of amides is 1. The fourth-order valence-electron chi connectivity index (χ4n) is 2.22. The van der Waals surface area contributed by atoms with E-state index in [-0.39, 0.29) is 11.4 Å². The first-order chi connectivity index (χ1) is 13.1. The zero-order chi connectivity index (χ0) is 19.2. The maximum Gasteiger partial charge on any atom is 0.337 e. The highest BCUT2D eigenvalue weighted by Crippen LogP contribution is 2.16. The third-order valence-electron chi connectivity index (χ3n) is 3.60. The number of hydrogen-bond donors (Lipinski definition) is 2. The van der Waals surface area contributed by atoms with Crippen molar-refractivity contribution in [2.45, 2.75) is 0 Å². The van der Waals surface area contributed by atoms with Crippen molar-refractivity contribution in [3.8, 4) is 0 Å². The number of nitrogens with one attached hydrogen (secondary N) is 2. The van der Waals surface area contributed by atoms with Crippen LogP contribution in [0.1, 0.15) is 20.8 Å². The van der Waals surface area contributed by atoms with Crippen molar-refractivity contribution in [1.29, 1.82) is 0 Å². The molecule has 2 aromatic carbocycles. The van der Waals surface area contributed by atoms with Crippen LogP contribution in [-0.2, 0) is 4.74 Å². The van der Waals surface area contributed by atoms with Crippen LogP contribution in [0.4, 0.5) is 21.6 Å². The molecule has 0 radical (unpaired) electrons. The van der Waals surface area contributed by atoms with Crippen LogP contribution in [0.25, 0.3) is 0 Å². The molecule has 0 saturated carbocycles. The molecule has 3 rings (SSSR count). The van der Waals surface area contributed by atoms with Crippen LogP contribution in [0.3, 0.4) is 0 Å². The number of nitrogens with zero attached hydrogens (tertiary/aromatic N) is 2. The minimum absolute atomic E-state index is 0.0462. The van der Waals surface area contributed by atoms with Crippen LogP contribution in [0, 0.1) is 5.82 Å². The second kappa shape index (κ2) is 8.05. The lowest BCUT2D eigenvalue weighted by molar-refractivity contribution is 0.0600. The molecule has 1 aromatic heterocycles. The molecule has 0 atom stereocenters. The molecule has 1 amide bonds. The van der Waals surface area contributed by atoms with E-state index in [1.54, 1.807) is 36.4 Å². The summed E-state index contributed by atoms with van der Waals surface area (Å²) in [4.78, 5) is 23.5. The van der Waals surface area contributed by atoms with Crippen molar-refractivity contribution < 1.29 is 18.7 Å². The van der Waals surface area contributed by atoms with E-state index in [1.165, 1.54) is 31.4 Å². The SMILES string of the molecule is COC(=O)c1ccc(Nc2ccc(C(=O)Nc3ccccc3F)nn2)cc1. The Kier molecular flexibility index (Phi) is 5.36. The van der Waals surface area contributed by atoms with Crippen molar-refractivity contribution >= 4 is 29.1 Å². The number of halogens is 1. The number of para-hydroxylation sites is 1. The quantitative estimate of drug-likeness (QED) is 0.672. The maximum absolute atomic E-state index is 13.6. The standard InChI is InChI=1S/C19H15FN4O3/c1-27-19(26)12-6-8-13(9-7-12)21-17-11-10-16(23-24-17)18(25)22-15-5-3-2-4-14(15)20/h2-11H,1H3,(H,21,24)(H,22,25). The molecule has 1 heterocycles. The van der Waals surface area contributed by atoms with Gasteiger partial charge in [0.2, 0.25) is 0 Å². The summed E-state index contributed by atoms with van der Waals surface area (Å²) in [6.07, 6.45) is 0.